The van der Waals surface area contributed by atoms with E-state index in [1.54, 1.807) is 25.4 Å². The second-order valence-electron chi connectivity index (χ2n) is 5.71. The highest BCUT2D eigenvalue weighted by Gasteiger charge is 2.04. The lowest BCUT2D eigenvalue weighted by Gasteiger charge is -2.09. The summed E-state index contributed by atoms with van der Waals surface area (Å²) >= 11 is 0. The van der Waals surface area contributed by atoms with Gasteiger partial charge in [0.15, 0.2) is 0 Å². The number of pyridine rings is 1. The molecule has 0 aliphatic rings. The molecule has 0 bridgehead atoms. The van der Waals surface area contributed by atoms with E-state index < -0.39 is 0 Å². The topological polar surface area (TPSA) is 77.5 Å². The van der Waals surface area contributed by atoms with Crippen molar-refractivity contribution in [3.8, 4) is 5.75 Å². The molecule has 0 fully saturated rings. The van der Waals surface area contributed by atoms with Gasteiger partial charge in [0.05, 0.1) is 13.2 Å². The van der Waals surface area contributed by atoms with E-state index in [1.807, 2.05) is 36.4 Å². The number of rotatable bonds is 10. The Morgan fingerprint density at radius 2 is 2.04 bits per heavy atom. The highest BCUT2D eigenvalue weighted by atomic mass is 16.5. The molecule has 0 unspecified atom stereocenters. The summed E-state index contributed by atoms with van der Waals surface area (Å²) in [4.78, 5) is 27.3. The van der Waals surface area contributed by atoms with Gasteiger partial charge in [-0.1, -0.05) is 24.3 Å². The largest absolute Gasteiger partial charge is 0.493 e. The van der Waals surface area contributed by atoms with Crippen LogP contribution in [0.5, 0.6) is 5.75 Å². The average molecular weight is 368 g/mol. The summed E-state index contributed by atoms with van der Waals surface area (Å²) in [6.07, 6.45) is 7.47. The Labute approximate surface area is 159 Å². The Morgan fingerprint density at radius 3 is 2.81 bits per heavy atom. The molecule has 0 aliphatic heterocycles. The van der Waals surface area contributed by atoms with Gasteiger partial charge in [-0.05, 0) is 37.1 Å². The molecule has 0 saturated carbocycles. The fourth-order valence-electron chi connectivity index (χ4n) is 2.30. The lowest BCUT2D eigenvalue weighted by atomic mass is 10.2. The number of nitrogens with zero attached hydrogens (tertiary/aromatic N) is 1. The third-order valence-corrected chi connectivity index (χ3v) is 3.61. The first kappa shape index (κ1) is 20.2. The molecule has 142 valence electrons. The fraction of sp³-hybridized carbons (Fsp3) is 0.286. The van der Waals surface area contributed by atoms with Crippen LogP contribution < -0.4 is 10.1 Å². The Hall–Kier alpha value is -3.15. The zero-order valence-electron chi connectivity index (χ0n) is 15.4. The third kappa shape index (κ3) is 7.73. The summed E-state index contributed by atoms with van der Waals surface area (Å²) < 4.78 is 10.6. The van der Waals surface area contributed by atoms with E-state index in [-0.39, 0.29) is 11.9 Å². The molecule has 1 aromatic carbocycles. The number of hydrogen-bond donors (Lipinski definition) is 1. The maximum Gasteiger partial charge on any atom is 0.305 e. The Kier molecular flexibility index (Phi) is 8.56. The second kappa shape index (κ2) is 11.5. The van der Waals surface area contributed by atoms with Crippen LogP contribution in [0, 0.1) is 0 Å². The van der Waals surface area contributed by atoms with Gasteiger partial charge in [-0.15, -0.1) is 0 Å². The van der Waals surface area contributed by atoms with Crippen molar-refractivity contribution in [3.63, 3.8) is 0 Å². The van der Waals surface area contributed by atoms with Crippen LogP contribution in [-0.4, -0.2) is 30.1 Å². The third-order valence-electron chi connectivity index (χ3n) is 3.61. The second-order valence-corrected chi connectivity index (χ2v) is 5.71. The highest BCUT2D eigenvalue weighted by molar-refractivity contribution is 5.92. The minimum Gasteiger partial charge on any atom is -0.493 e. The minimum atomic E-state index is -0.223. The van der Waals surface area contributed by atoms with Gasteiger partial charge in [0.25, 0.3) is 0 Å². The molecule has 0 atom stereocenters. The van der Waals surface area contributed by atoms with Gasteiger partial charge < -0.3 is 14.8 Å². The van der Waals surface area contributed by atoms with Crippen LogP contribution in [0.3, 0.4) is 0 Å². The number of para-hydroxylation sites is 1. The van der Waals surface area contributed by atoms with Crippen molar-refractivity contribution in [2.45, 2.75) is 26.3 Å². The average Bonchev–Trinajstić information content (AvgIpc) is 2.70. The number of amides is 1. The first-order chi connectivity index (χ1) is 13.2. The number of hydrogen-bond acceptors (Lipinski definition) is 5. The van der Waals surface area contributed by atoms with E-state index in [9.17, 15) is 9.59 Å². The standard InChI is InChI=1S/C21H24N2O4/c1-2-26-21(25)10-6-14-27-19-9-4-3-8-18(19)11-12-20(24)23-16-17-7-5-13-22-15-17/h3-5,7-9,11-13,15H,2,6,10,14,16H2,1H3,(H,23,24). The number of carbonyl (C=O) groups excluding carboxylic acids is 2. The molecule has 6 nitrogen and oxygen atoms in total. The zero-order chi connectivity index (χ0) is 19.3. The van der Waals surface area contributed by atoms with Crippen LogP contribution in [-0.2, 0) is 20.9 Å². The predicted molar refractivity (Wildman–Crippen MR) is 103 cm³/mol. The SMILES string of the molecule is CCOC(=O)CCCOc1ccccc1C=CC(=O)NCc1cccnc1. The zero-order valence-corrected chi connectivity index (χ0v) is 15.4. The molecule has 0 aliphatic carbocycles. The molecule has 1 N–H and O–H groups in total. The first-order valence-electron chi connectivity index (χ1n) is 8.91. The van der Waals surface area contributed by atoms with Crippen molar-refractivity contribution in [2.24, 2.45) is 0 Å². The normalized spacial score (nSPS) is 10.6. The molecule has 0 saturated heterocycles. The van der Waals surface area contributed by atoms with Crippen LogP contribution in [0.25, 0.3) is 6.08 Å². The van der Waals surface area contributed by atoms with Gasteiger partial charge in [0, 0.05) is 37.0 Å². The number of ether oxygens (including phenoxy) is 2. The molecule has 2 rings (SSSR count). The monoisotopic (exact) mass is 368 g/mol. The maximum atomic E-state index is 12.0. The molecule has 6 heteroatoms. The van der Waals surface area contributed by atoms with Crippen molar-refractivity contribution in [2.75, 3.05) is 13.2 Å². The van der Waals surface area contributed by atoms with E-state index in [2.05, 4.69) is 10.3 Å². The van der Waals surface area contributed by atoms with E-state index in [4.69, 9.17) is 9.47 Å². The summed E-state index contributed by atoms with van der Waals surface area (Å²) in [6, 6.07) is 11.2. The van der Waals surface area contributed by atoms with E-state index in [0.717, 1.165) is 11.1 Å². The van der Waals surface area contributed by atoms with Gasteiger partial charge in [-0.3, -0.25) is 14.6 Å². The minimum absolute atomic E-state index is 0.198. The van der Waals surface area contributed by atoms with Gasteiger partial charge >= 0.3 is 5.97 Å². The molecular formula is C21H24N2O4. The fourth-order valence-corrected chi connectivity index (χ4v) is 2.30. The van der Waals surface area contributed by atoms with Crippen molar-refractivity contribution in [3.05, 3.63) is 66.0 Å². The van der Waals surface area contributed by atoms with Crippen LogP contribution >= 0.6 is 0 Å². The lowest BCUT2D eigenvalue weighted by Crippen LogP contribution is -2.20. The Balaban J connectivity index is 1.82. The number of aromatic nitrogens is 1. The maximum absolute atomic E-state index is 12.0. The molecule has 1 aromatic heterocycles. The van der Waals surface area contributed by atoms with Crippen LogP contribution in [0.1, 0.15) is 30.9 Å². The molecule has 1 amide bonds. The van der Waals surface area contributed by atoms with E-state index in [0.29, 0.717) is 38.3 Å². The molecule has 2 aromatic rings. The summed E-state index contributed by atoms with van der Waals surface area (Å²) in [5, 5.41) is 2.81. The number of nitrogens with one attached hydrogen (secondary N) is 1. The summed E-state index contributed by atoms with van der Waals surface area (Å²) in [6.45, 7) is 2.99. The first-order valence-corrected chi connectivity index (χ1v) is 8.91. The summed E-state index contributed by atoms with van der Waals surface area (Å²) in [7, 11) is 0. The van der Waals surface area contributed by atoms with Crippen LogP contribution in [0.4, 0.5) is 0 Å². The lowest BCUT2D eigenvalue weighted by molar-refractivity contribution is -0.143. The van der Waals surface area contributed by atoms with Gasteiger partial charge in [-0.2, -0.15) is 0 Å². The number of esters is 1. The van der Waals surface area contributed by atoms with Crippen molar-refractivity contribution >= 4 is 18.0 Å². The van der Waals surface area contributed by atoms with Crippen molar-refractivity contribution in [1.82, 2.24) is 10.3 Å². The summed E-state index contributed by atoms with van der Waals surface area (Å²) in [5.41, 5.74) is 1.73. The number of benzene rings is 1. The van der Waals surface area contributed by atoms with Gasteiger partial charge in [0.1, 0.15) is 5.75 Å². The molecule has 0 spiro atoms. The Morgan fingerprint density at radius 1 is 1.19 bits per heavy atom. The highest BCUT2D eigenvalue weighted by Crippen LogP contribution is 2.19. The van der Waals surface area contributed by atoms with Crippen molar-refractivity contribution < 1.29 is 19.1 Å². The quantitative estimate of drug-likeness (QED) is 0.396. The van der Waals surface area contributed by atoms with Crippen LogP contribution in [0.2, 0.25) is 0 Å². The molecule has 0 radical (unpaired) electrons. The molecule has 1 heterocycles. The smallest absolute Gasteiger partial charge is 0.305 e. The van der Waals surface area contributed by atoms with Gasteiger partial charge in [0.2, 0.25) is 5.91 Å². The van der Waals surface area contributed by atoms with Crippen molar-refractivity contribution in [1.29, 1.82) is 0 Å². The predicted octanol–water partition coefficient (Wildman–Crippen LogP) is 3.13. The van der Waals surface area contributed by atoms with Crippen LogP contribution in [0.15, 0.2) is 54.9 Å². The van der Waals surface area contributed by atoms with Gasteiger partial charge in [-0.25, -0.2) is 0 Å². The summed E-state index contributed by atoms with van der Waals surface area (Å²) in [5.74, 6) is 0.244. The molecule has 27 heavy (non-hydrogen) atoms. The molecular weight excluding hydrogens is 344 g/mol. The van der Waals surface area contributed by atoms with E-state index >= 15 is 0 Å². The van der Waals surface area contributed by atoms with E-state index in [1.165, 1.54) is 6.08 Å². The Bertz CT molecular complexity index is 760. The number of carbonyl (C=O) groups is 2.